The van der Waals surface area contributed by atoms with Gasteiger partial charge in [0.2, 0.25) is 0 Å². The summed E-state index contributed by atoms with van der Waals surface area (Å²) in [5.74, 6) is 0.623. The number of para-hydroxylation sites is 1. The first-order valence-corrected chi connectivity index (χ1v) is 6.59. The number of aromatic nitrogens is 2. The van der Waals surface area contributed by atoms with Gasteiger partial charge in [0, 0.05) is 16.0 Å². The molecule has 0 aliphatic heterocycles. The fraction of sp³-hybridized carbons (Fsp3) is 0.0667. The lowest BCUT2D eigenvalue weighted by Gasteiger charge is -2.07. The molecular weight excluding hydrogens is 279 g/mol. The van der Waals surface area contributed by atoms with E-state index < -0.39 is 0 Å². The van der Waals surface area contributed by atoms with Crippen molar-refractivity contribution >= 4 is 34.1 Å². The van der Waals surface area contributed by atoms with Crippen molar-refractivity contribution in [2.24, 2.45) is 0 Å². The molecule has 2 nitrogen and oxygen atoms in total. The van der Waals surface area contributed by atoms with Gasteiger partial charge >= 0.3 is 0 Å². The number of aryl methyl sites for hydroxylation is 1. The van der Waals surface area contributed by atoms with Crippen molar-refractivity contribution in [3.63, 3.8) is 0 Å². The second-order valence-corrected chi connectivity index (χ2v) is 5.11. The van der Waals surface area contributed by atoms with E-state index in [0.717, 1.165) is 22.0 Å². The summed E-state index contributed by atoms with van der Waals surface area (Å²) in [5.41, 5.74) is 2.81. The molecule has 0 amide bonds. The van der Waals surface area contributed by atoms with E-state index in [-0.39, 0.29) is 0 Å². The predicted molar refractivity (Wildman–Crippen MR) is 79.7 cm³/mol. The molecule has 1 heterocycles. The third-order valence-corrected chi connectivity index (χ3v) is 3.51. The van der Waals surface area contributed by atoms with Gasteiger partial charge in [-0.05, 0) is 42.8 Å². The van der Waals surface area contributed by atoms with Crippen molar-refractivity contribution in [3.05, 3.63) is 58.2 Å². The molecule has 3 rings (SSSR count). The van der Waals surface area contributed by atoms with Crippen LogP contribution in [0.1, 0.15) is 5.56 Å². The van der Waals surface area contributed by atoms with Gasteiger partial charge in [-0.25, -0.2) is 9.97 Å². The molecule has 0 N–H and O–H groups in total. The second-order valence-electron chi connectivity index (χ2n) is 4.31. The Morgan fingerprint density at radius 3 is 2.53 bits per heavy atom. The molecule has 0 radical (unpaired) electrons. The predicted octanol–water partition coefficient (Wildman–Crippen LogP) is 4.91. The molecular formula is C15H10Cl2N2. The molecule has 0 atom stereocenters. The van der Waals surface area contributed by atoms with Crippen molar-refractivity contribution in [3.8, 4) is 11.4 Å². The highest BCUT2D eigenvalue weighted by atomic mass is 35.5. The van der Waals surface area contributed by atoms with E-state index in [1.165, 1.54) is 0 Å². The van der Waals surface area contributed by atoms with E-state index in [2.05, 4.69) is 9.97 Å². The maximum absolute atomic E-state index is 6.22. The normalized spacial score (nSPS) is 10.9. The van der Waals surface area contributed by atoms with Crippen LogP contribution in [0.2, 0.25) is 10.2 Å². The van der Waals surface area contributed by atoms with Crippen molar-refractivity contribution in [1.29, 1.82) is 0 Å². The van der Waals surface area contributed by atoms with Gasteiger partial charge in [-0.15, -0.1) is 0 Å². The summed E-state index contributed by atoms with van der Waals surface area (Å²) in [6.45, 7) is 1.98. The van der Waals surface area contributed by atoms with Crippen LogP contribution in [0.4, 0.5) is 0 Å². The van der Waals surface area contributed by atoms with Gasteiger partial charge in [0.1, 0.15) is 5.15 Å². The summed E-state index contributed by atoms with van der Waals surface area (Å²) in [5, 5.41) is 2.03. The first kappa shape index (κ1) is 12.4. The van der Waals surface area contributed by atoms with Gasteiger partial charge in [-0.3, -0.25) is 0 Å². The Labute approximate surface area is 121 Å². The van der Waals surface area contributed by atoms with E-state index in [1.54, 1.807) is 0 Å². The molecule has 1 aromatic heterocycles. The maximum Gasteiger partial charge on any atom is 0.161 e. The Kier molecular flexibility index (Phi) is 3.13. The third-order valence-electron chi connectivity index (χ3n) is 2.99. The molecule has 3 aromatic rings. The van der Waals surface area contributed by atoms with Crippen LogP contribution in [0.3, 0.4) is 0 Å². The number of rotatable bonds is 1. The van der Waals surface area contributed by atoms with Crippen molar-refractivity contribution in [2.75, 3.05) is 0 Å². The van der Waals surface area contributed by atoms with Crippen LogP contribution < -0.4 is 0 Å². The summed E-state index contributed by atoms with van der Waals surface area (Å²) in [6, 6.07) is 13.3. The number of fused-ring (bicyclic) bond motifs is 1. The number of nitrogens with zero attached hydrogens (tertiary/aromatic N) is 2. The SMILES string of the molecule is Cc1cc(Cl)ccc1-c1nc(Cl)c2ccccc2n1. The Morgan fingerprint density at radius 1 is 0.947 bits per heavy atom. The van der Waals surface area contributed by atoms with Gasteiger partial charge in [-0.1, -0.05) is 35.3 Å². The molecule has 0 unspecified atom stereocenters. The third kappa shape index (κ3) is 2.29. The van der Waals surface area contributed by atoms with E-state index in [1.807, 2.05) is 49.4 Å². The minimum atomic E-state index is 0.468. The lowest BCUT2D eigenvalue weighted by Crippen LogP contribution is -1.93. The quantitative estimate of drug-likeness (QED) is 0.595. The zero-order valence-corrected chi connectivity index (χ0v) is 11.7. The molecule has 0 saturated carbocycles. The second kappa shape index (κ2) is 4.80. The molecule has 94 valence electrons. The van der Waals surface area contributed by atoms with Crippen LogP contribution in [0.15, 0.2) is 42.5 Å². The Hall–Kier alpha value is -1.64. The molecule has 0 spiro atoms. The zero-order chi connectivity index (χ0) is 13.4. The zero-order valence-electron chi connectivity index (χ0n) is 10.2. The molecule has 4 heteroatoms. The summed E-state index contributed by atoms with van der Waals surface area (Å²) >= 11 is 12.2. The molecule has 0 aliphatic carbocycles. The molecule has 19 heavy (non-hydrogen) atoms. The van der Waals surface area contributed by atoms with Gasteiger partial charge in [0.15, 0.2) is 5.82 Å². The number of hydrogen-bond acceptors (Lipinski definition) is 2. The topological polar surface area (TPSA) is 25.8 Å². The number of benzene rings is 2. The van der Waals surface area contributed by atoms with Gasteiger partial charge in [0.25, 0.3) is 0 Å². The highest BCUT2D eigenvalue weighted by Gasteiger charge is 2.09. The van der Waals surface area contributed by atoms with E-state index in [0.29, 0.717) is 16.0 Å². The van der Waals surface area contributed by atoms with Crippen LogP contribution in [-0.4, -0.2) is 9.97 Å². The fourth-order valence-corrected chi connectivity index (χ4v) is 2.50. The monoisotopic (exact) mass is 288 g/mol. The van der Waals surface area contributed by atoms with Crippen LogP contribution in [0.5, 0.6) is 0 Å². The lowest BCUT2D eigenvalue weighted by atomic mass is 10.1. The van der Waals surface area contributed by atoms with E-state index >= 15 is 0 Å². The fourth-order valence-electron chi connectivity index (χ4n) is 2.04. The molecule has 0 saturated heterocycles. The molecule has 0 aliphatic rings. The molecule has 0 fully saturated rings. The Balaban J connectivity index is 2.25. The van der Waals surface area contributed by atoms with E-state index in [9.17, 15) is 0 Å². The Bertz CT molecular complexity index is 769. The highest BCUT2D eigenvalue weighted by molar-refractivity contribution is 6.34. The van der Waals surface area contributed by atoms with Crippen molar-refractivity contribution in [2.45, 2.75) is 6.92 Å². The summed E-state index contributed by atoms with van der Waals surface area (Å²) in [7, 11) is 0. The largest absolute Gasteiger partial charge is 0.228 e. The first-order chi connectivity index (χ1) is 9.15. The number of halogens is 2. The first-order valence-electron chi connectivity index (χ1n) is 5.84. The van der Waals surface area contributed by atoms with Crippen LogP contribution in [-0.2, 0) is 0 Å². The van der Waals surface area contributed by atoms with Crippen LogP contribution in [0.25, 0.3) is 22.3 Å². The minimum Gasteiger partial charge on any atom is -0.228 e. The lowest BCUT2D eigenvalue weighted by molar-refractivity contribution is 1.21. The van der Waals surface area contributed by atoms with Gasteiger partial charge in [-0.2, -0.15) is 0 Å². The summed E-state index contributed by atoms with van der Waals surface area (Å²) in [6.07, 6.45) is 0. The van der Waals surface area contributed by atoms with Crippen LogP contribution in [0, 0.1) is 6.92 Å². The smallest absolute Gasteiger partial charge is 0.161 e. The van der Waals surface area contributed by atoms with Gasteiger partial charge < -0.3 is 0 Å². The average Bonchev–Trinajstić information content (AvgIpc) is 2.38. The average molecular weight is 289 g/mol. The summed E-state index contributed by atoms with van der Waals surface area (Å²) < 4.78 is 0. The minimum absolute atomic E-state index is 0.468. The van der Waals surface area contributed by atoms with E-state index in [4.69, 9.17) is 23.2 Å². The van der Waals surface area contributed by atoms with Crippen LogP contribution >= 0.6 is 23.2 Å². The summed E-state index contributed by atoms with van der Waals surface area (Å²) in [4.78, 5) is 8.93. The highest BCUT2D eigenvalue weighted by Crippen LogP contribution is 2.27. The number of hydrogen-bond donors (Lipinski definition) is 0. The Morgan fingerprint density at radius 2 is 1.74 bits per heavy atom. The van der Waals surface area contributed by atoms with Gasteiger partial charge in [0.05, 0.1) is 5.52 Å². The standard InChI is InChI=1S/C15H10Cl2N2/c1-9-8-10(16)6-7-11(9)15-18-13-5-3-2-4-12(13)14(17)19-15/h2-8H,1H3. The van der Waals surface area contributed by atoms with Crippen molar-refractivity contribution in [1.82, 2.24) is 9.97 Å². The maximum atomic E-state index is 6.22. The molecule has 0 bridgehead atoms. The van der Waals surface area contributed by atoms with Crippen molar-refractivity contribution < 1.29 is 0 Å². The molecule has 2 aromatic carbocycles.